The molecule has 2 amide bonds. The molecule has 0 saturated carbocycles. The van der Waals surface area contributed by atoms with E-state index < -0.39 is 17.6 Å². The molecule has 0 atom stereocenters. The molecule has 0 aliphatic carbocycles. The molecule has 4 rings (SSSR count). The van der Waals surface area contributed by atoms with Gasteiger partial charge in [-0.05, 0) is 61.5 Å². The van der Waals surface area contributed by atoms with Gasteiger partial charge in [0, 0.05) is 27.9 Å². The van der Waals surface area contributed by atoms with Crippen LogP contribution in [0.5, 0.6) is 5.75 Å². The SMILES string of the molecule is COc1ccc2oc(C(=O)Nc3cccc(C(=O)Nc4cccc(F)c4)c3)c(C)c2c1. The number of methoxy groups -OCH3 is 1. The third kappa shape index (κ3) is 4.25. The number of furan rings is 1. The summed E-state index contributed by atoms with van der Waals surface area (Å²) < 4.78 is 24.3. The van der Waals surface area contributed by atoms with Crippen molar-refractivity contribution in [2.75, 3.05) is 17.7 Å². The number of fused-ring (bicyclic) bond motifs is 1. The lowest BCUT2D eigenvalue weighted by molar-refractivity contribution is 0.0994. The molecule has 1 heterocycles. The molecule has 0 spiro atoms. The number of carbonyl (C=O) groups excluding carboxylic acids is 2. The second-order valence-corrected chi connectivity index (χ2v) is 6.92. The van der Waals surface area contributed by atoms with E-state index >= 15 is 0 Å². The van der Waals surface area contributed by atoms with Gasteiger partial charge in [0.1, 0.15) is 17.1 Å². The molecule has 6 nitrogen and oxygen atoms in total. The van der Waals surface area contributed by atoms with Gasteiger partial charge in [-0.25, -0.2) is 4.39 Å². The average Bonchev–Trinajstić information content (AvgIpc) is 3.10. The highest BCUT2D eigenvalue weighted by Crippen LogP contribution is 2.29. The van der Waals surface area contributed by atoms with Crippen LogP contribution in [0, 0.1) is 12.7 Å². The Labute approximate surface area is 177 Å². The first-order valence-corrected chi connectivity index (χ1v) is 9.50. The average molecular weight is 418 g/mol. The lowest BCUT2D eigenvalue weighted by atomic mass is 10.1. The minimum Gasteiger partial charge on any atom is -0.497 e. The van der Waals surface area contributed by atoms with Gasteiger partial charge in [0.05, 0.1) is 7.11 Å². The van der Waals surface area contributed by atoms with Gasteiger partial charge in [0.15, 0.2) is 5.76 Å². The summed E-state index contributed by atoms with van der Waals surface area (Å²) in [6.07, 6.45) is 0. The Morgan fingerprint density at radius 1 is 0.903 bits per heavy atom. The summed E-state index contributed by atoms with van der Waals surface area (Å²) in [5.41, 5.74) is 2.34. The molecule has 1 aromatic heterocycles. The smallest absolute Gasteiger partial charge is 0.291 e. The molecule has 0 saturated heterocycles. The van der Waals surface area contributed by atoms with E-state index in [0.29, 0.717) is 33.8 Å². The number of benzene rings is 3. The normalized spacial score (nSPS) is 10.7. The van der Waals surface area contributed by atoms with E-state index in [-0.39, 0.29) is 5.76 Å². The van der Waals surface area contributed by atoms with E-state index in [9.17, 15) is 14.0 Å². The Morgan fingerprint density at radius 3 is 2.35 bits per heavy atom. The van der Waals surface area contributed by atoms with Crippen molar-refractivity contribution in [2.45, 2.75) is 6.92 Å². The van der Waals surface area contributed by atoms with Crippen molar-refractivity contribution in [1.29, 1.82) is 0 Å². The van der Waals surface area contributed by atoms with Crippen LogP contribution in [0.25, 0.3) is 11.0 Å². The van der Waals surface area contributed by atoms with Crippen LogP contribution in [-0.4, -0.2) is 18.9 Å². The van der Waals surface area contributed by atoms with Gasteiger partial charge in [-0.2, -0.15) is 0 Å². The van der Waals surface area contributed by atoms with Gasteiger partial charge in [-0.15, -0.1) is 0 Å². The summed E-state index contributed by atoms with van der Waals surface area (Å²) in [5, 5.41) is 6.16. The maximum atomic E-state index is 13.3. The quantitative estimate of drug-likeness (QED) is 0.455. The Balaban J connectivity index is 1.53. The largest absolute Gasteiger partial charge is 0.497 e. The summed E-state index contributed by atoms with van der Waals surface area (Å²) >= 11 is 0. The number of nitrogens with one attached hydrogen (secondary N) is 2. The zero-order valence-corrected chi connectivity index (χ0v) is 16.9. The van der Waals surface area contributed by atoms with Crippen molar-refractivity contribution >= 4 is 34.2 Å². The number of amides is 2. The summed E-state index contributed by atoms with van der Waals surface area (Å²) in [7, 11) is 1.57. The molecular formula is C24H19FN2O4. The number of anilines is 2. The molecule has 31 heavy (non-hydrogen) atoms. The van der Waals surface area contributed by atoms with Crippen LogP contribution < -0.4 is 15.4 Å². The van der Waals surface area contributed by atoms with E-state index in [2.05, 4.69) is 10.6 Å². The summed E-state index contributed by atoms with van der Waals surface area (Å²) in [4.78, 5) is 25.3. The van der Waals surface area contributed by atoms with E-state index in [1.165, 1.54) is 24.3 Å². The maximum absolute atomic E-state index is 13.3. The van der Waals surface area contributed by atoms with Crippen molar-refractivity contribution in [3.05, 3.63) is 89.4 Å². The number of aryl methyl sites for hydroxylation is 1. The van der Waals surface area contributed by atoms with E-state index in [1.807, 2.05) is 6.07 Å². The van der Waals surface area contributed by atoms with Crippen molar-refractivity contribution in [2.24, 2.45) is 0 Å². The molecular weight excluding hydrogens is 399 g/mol. The van der Waals surface area contributed by atoms with Crippen molar-refractivity contribution in [3.63, 3.8) is 0 Å². The fourth-order valence-electron chi connectivity index (χ4n) is 3.24. The number of ether oxygens (including phenoxy) is 1. The van der Waals surface area contributed by atoms with E-state index in [1.54, 1.807) is 50.4 Å². The molecule has 0 unspecified atom stereocenters. The van der Waals surface area contributed by atoms with Gasteiger partial charge in [-0.3, -0.25) is 9.59 Å². The summed E-state index contributed by atoms with van der Waals surface area (Å²) in [6.45, 7) is 1.79. The standard InChI is InChI=1S/C24H19FN2O4/c1-14-20-13-19(30-2)9-10-21(20)31-22(14)24(29)27-17-7-3-5-15(11-17)23(28)26-18-8-4-6-16(25)12-18/h3-13H,1-2H3,(H,26,28)(H,27,29). The zero-order chi connectivity index (χ0) is 22.0. The highest BCUT2D eigenvalue weighted by atomic mass is 19.1. The number of hydrogen-bond acceptors (Lipinski definition) is 4. The molecule has 0 aliphatic rings. The predicted molar refractivity (Wildman–Crippen MR) is 116 cm³/mol. The third-order valence-corrected chi connectivity index (χ3v) is 4.81. The summed E-state index contributed by atoms with van der Waals surface area (Å²) in [5.74, 6) is -0.458. The first kappa shape index (κ1) is 20.2. The van der Waals surface area contributed by atoms with Crippen LogP contribution in [0.15, 0.2) is 71.1 Å². The van der Waals surface area contributed by atoms with Crippen LogP contribution in [-0.2, 0) is 0 Å². The van der Waals surface area contributed by atoms with Crippen LogP contribution >= 0.6 is 0 Å². The van der Waals surface area contributed by atoms with Crippen LogP contribution in [0.1, 0.15) is 26.5 Å². The van der Waals surface area contributed by atoms with E-state index in [0.717, 1.165) is 5.39 Å². The number of halogens is 1. The third-order valence-electron chi connectivity index (χ3n) is 4.81. The lowest BCUT2D eigenvalue weighted by Crippen LogP contribution is -2.15. The molecule has 0 fully saturated rings. The van der Waals surface area contributed by atoms with Gasteiger partial charge in [0.25, 0.3) is 11.8 Å². The number of rotatable bonds is 5. The first-order valence-electron chi connectivity index (χ1n) is 9.50. The van der Waals surface area contributed by atoms with Gasteiger partial charge >= 0.3 is 0 Å². The predicted octanol–water partition coefficient (Wildman–Crippen LogP) is 5.39. The molecule has 0 radical (unpaired) electrons. The van der Waals surface area contributed by atoms with Crippen molar-refractivity contribution < 1.29 is 23.1 Å². The van der Waals surface area contributed by atoms with Crippen molar-refractivity contribution in [3.8, 4) is 5.75 Å². The van der Waals surface area contributed by atoms with Crippen LogP contribution in [0.4, 0.5) is 15.8 Å². The van der Waals surface area contributed by atoms with Crippen LogP contribution in [0.3, 0.4) is 0 Å². The van der Waals surface area contributed by atoms with E-state index in [4.69, 9.17) is 9.15 Å². The molecule has 0 bridgehead atoms. The minimum absolute atomic E-state index is 0.179. The van der Waals surface area contributed by atoms with Crippen LogP contribution in [0.2, 0.25) is 0 Å². The molecule has 7 heteroatoms. The molecule has 156 valence electrons. The highest BCUT2D eigenvalue weighted by Gasteiger charge is 2.19. The Hall–Kier alpha value is -4.13. The topological polar surface area (TPSA) is 80.6 Å². The molecule has 0 aliphatic heterocycles. The van der Waals surface area contributed by atoms with Gasteiger partial charge in [0.2, 0.25) is 0 Å². The molecule has 2 N–H and O–H groups in total. The fourth-order valence-corrected chi connectivity index (χ4v) is 3.24. The summed E-state index contributed by atoms with van der Waals surface area (Å²) in [6, 6.07) is 17.4. The Morgan fingerprint density at radius 2 is 1.61 bits per heavy atom. The van der Waals surface area contributed by atoms with Crippen molar-refractivity contribution in [1.82, 2.24) is 0 Å². The maximum Gasteiger partial charge on any atom is 0.291 e. The van der Waals surface area contributed by atoms with Gasteiger partial charge < -0.3 is 19.8 Å². The number of carbonyl (C=O) groups is 2. The Kier molecular flexibility index (Phi) is 5.41. The first-order chi connectivity index (χ1) is 14.9. The molecule has 4 aromatic rings. The lowest BCUT2D eigenvalue weighted by Gasteiger charge is -2.08. The van der Waals surface area contributed by atoms with Gasteiger partial charge in [-0.1, -0.05) is 12.1 Å². The second-order valence-electron chi connectivity index (χ2n) is 6.92. The molecule has 3 aromatic carbocycles. The zero-order valence-electron chi connectivity index (χ0n) is 16.9. The second kappa shape index (κ2) is 8.31. The fraction of sp³-hybridized carbons (Fsp3) is 0.0833. The monoisotopic (exact) mass is 418 g/mol. The minimum atomic E-state index is -0.447. The Bertz CT molecular complexity index is 1300. The number of hydrogen-bond donors (Lipinski definition) is 2. The highest BCUT2D eigenvalue weighted by molar-refractivity contribution is 6.08.